The van der Waals surface area contributed by atoms with Crippen LogP contribution < -0.4 is 0 Å². The van der Waals surface area contributed by atoms with E-state index >= 15 is 0 Å². The number of nitrogens with zero attached hydrogens (tertiary/aromatic N) is 3. The van der Waals surface area contributed by atoms with Gasteiger partial charge in [0.05, 0.1) is 11.3 Å². The highest BCUT2D eigenvalue weighted by molar-refractivity contribution is 6.02. The molecule has 1 aliphatic heterocycles. The molecule has 144 valence electrons. The molecule has 28 heavy (non-hydrogen) atoms. The Morgan fingerprint density at radius 1 is 1.21 bits per heavy atom. The van der Waals surface area contributed by atoms with E-state index in [1.54, 1.807) is 11.8 Å². The average molecular weight is 378 g/mol. The molecule has 2 aromatic heterocycles. The second kappa shape index (κ2) is 7.07. The third-order valence-electron chi connectivity index (χ3n) is 5.28. The Bertz CT molecular complexity index is 1040. The number of carbonyl (C=O) groups is 2. The van der Waals surface area contributed by atoms with Crippen molar-refractivity contribution in [3.05, 3.63) is 58.7 Å². The third kappa shape index (κ3) is 3.02. The van der Waals surface area contributed by atoms with Crippen molar-refractivity contribution < 1.29 is 14.1 Å². The van der Waals surface area contributed by atoms with Gasteiger partial charge in [0, 0.05) is 24.7 Å². The first-order valence-corrected chi connectivity index (χ1v) is 9.37. The van der Waals surface area contributed by atoms with Crippen molar-refractivity contribution in [3.63, 3.8) is 0 Å². The minimum atomic E-state index is -0.257. The summed E-state index contributed by atoms with van der Waals surface area (Å²) in [4.78, 5) is 34.5. The number of ketones is 1. The van der Waals surface area contributed by atoms with Crippen molar-refractivity contribution in [2.75, 3.05) is 6.54 Å². The van der Waals surface area contributed by atoms with Crippen LogP contribution in [0.2, 0.25) is 0 Å². The molecule has 1 saturated heterocycles. The topological polar surface area (TPSA) is 92.1 Å². The van der Waals surface area contributed by atoms with Crippen LogP contribution in [-0.4, -0.2) is 38.3 Å². The molecule has 3 aromatic rings. The molecule has 0 radical (unpaired) electrons. The van der Waals surface area contributed by atoms with Gasteiger partial charge in [-0.1, -0.05) is 35.5 Å². The molecule has 1 N–H and O–H groups in total. The van der Waals surface area contributed by atoms with Crippen molar-refractivity contribution in [2.45, 2.75) is 39.7 Å². The lowest BCUT2D eigenvalue weighted by Crippen LogP contribution is -2.31. The van der Waals surface area contributed by atoms with Crippen molar-refractivity contribution in [2.24, 2.45) is 0 Å². The monoisotopic (exact) mass is 378 g/mol. The lowest BCUT2D eigenvalue weighted by atomic mass is 10.1. The Balaban J connectivity index is 1.64. The molecule has 7 nitrogen and oxygen atoms in total. The lowest BCUT2D eigenvalue weighted by molar-refractivity contribution is 0.0709. The molecule has 1 amide bonds. The van der Waals surface area contributed by atoms with Crippen LogP contribution in [0.4, 0.5) is 0 Å². The van der Waals surface area contributed by atoms with Crippen molar-refractivity contribution >= 4 is 11.7 Å². The van der Waals surface area contributed by atoms with E-state index in [4.69, 9.17) is 4.52 Å². The van der Waals surface area contributed by atoms with Gasteiger partial charge in [-0.15, -0.1) is 0 Å². The zero-order chi connectivity index (χ0) is 19.8. The molecular formula is C21H22N4O3. The molecule has 1 atom stereocenters. The van der Waals surface area contributed by atoms with Gasteiger partial charge in [-0.2, -0.15) is 4.98 Å². The quantitative estimate of drug-likeness (QED) is 0.696. The highest BCUT2D eigenvalue weighted by Crippen LogP contribution is 2.34. The number of Topliss-reactive ketones (excluding diaryl/α,β-unsaturated/α-hetero) is 1. The summed E-state index contributed by atoms with van der Waals surface area (Å²) in [7, 11) is 0. The zero-order valence-electron chi connectivity index (χ0n) is 16.2. The molecule has 0 bridgehead atoms. The van der Waals surface area contributed by atoms with Crippen molar-refractivity contribution in [3.8, 4) is 11.4 Å². The van der Waals surface area contributed by atoms with E-state index in [2.05, 4.69) is 15.1 Å². The Labute approximate surface area is 162 Å². The van der Waals surface area contributed by atoms with E-state index in [0.29, 0.717) is 40.8 Å². The van der Waals surface area contributed by atoms with Crippen LogP contribution in [0.5, 0.6) is 0 Å². The maximum absolute atomic E-state index is 13.3. The molecule has 3 heterocycles. The smallest absolute Gasteiger partial charge is 0.256 e. The number of aromatic nitrogens is 3. The molecule has 0 saturated carbocycles. The third-order valence-corrected chi connectivity index (χ3v) is 5.28. The largest absolute Gasteiger partial charge is 0.355 e. The molecule has 1 fully saturated rings. The molecule has 1 aliphatic rings. The van der Waals surface area contributed by atoms with E-state index in [1.165, 1.54) is 6.92 Å². The number of nitrogens with one attached hydrogen (secondary N) is 1. The highest BCUT2D eigenvalue weighted by atomic mass is 16.5. The second-order valence-electron chi connectivity index (χ2n) is 7.16. The van der Waals surface area contributed by atoms with Crippen LogP contribution in [0, 0.1) is 13.8 Å². The number of H-pyrrole nitrogens is 1. The minimum Gasteiger partial charge on any atom is -0.355 e. The number of benzene rings is 1. The van der Waals surface area contributed by atoms with Gasteiger partial charge in [0.15, 0.2) is 5.78 Å². The summed E-state index contributed by atoms with van der Waals surface area (Å²) < 4.78 is 5.51. The first-order valence-electron chi connectivity index (χ1n) is 9.37. The standard InChI is InChI=1S/C21H22N4O3/c1-12-17(13(2)22-18(12)14(3)26)21(27)25-11-7-10-16(25)20-23-19(24-28-20)15-8-5-4-6-9-15/h4-6,8-9,16,22H,7,10-11H2,1-3H3/t16-/m1/s1. The Morgan fingerprint density at radius 2 is 1.96 bits per heavy atom. The Morgan fingerprint density at radius 3 is 2.64 bits per heavy atom. The van der Waals surface area contributed by atoms with Gasteiger partial charge >= 0.3 is 0 Å². The molecule has 0 unspecified atom stereocenters. The molecule has 4 rings (SSSR count). The minimum absolute atomic E-state index is 0.0815. The van der Waals surface area contributed by atoms with Gasteiger partial charge in [0.25, 0.3) is 5.91 Å². The molecule has 0 aliphatic carbocycles. The number of carbonyl (C=O) groups excluding carboxylic acids is 2. The fourth-order valence-electron chi connectivity index (χ4n) is 3.91. The summed E-state index contributed by atoms with van der Waals surface area (Å²) in [5, 5.41) is 4.09. The summed E-state index contributed by atoms with van der Waals surface area (Å²) in [6.07, 6.45) is 1.63. The van der Waals surface area contributed by atoms with Gasteiger partial charge < -0.3 is 14.4 Å². The number of aryl methyl sites for hydroxylation is 1. The fourth-order valence-corrected chi connectivity index (χ4v) is 3.91. The SMILES string of the molecule is CC(=O)c1[nH]c(C)c(C(=O)N2CCC[C@@H]2c2nc(-c3ccccc3)no2)c1C. The zero-order valence-corrected chi connectivity index (χ0v) is 16.2. The van der Waals surface area contributed by atoms with E-state index in [-0.39, 0.29) is 17.7 Å². The van der Waals surface area contributed by atoms with E-state index < -0.39 is 0 Å². The predicted octanol–water partition coefficient (Wildman–Crippen LogP) is 3.86. The number of likely N-dealkylation sites (tertiary alicyclic amines) is 1. The fraction of sp³-hybridized carbons (Fsp3) is 0.333. The van der Waals surface area contributed by atoms with Crippen LogP contribution in [-0.2, 0) is 0 Å². The Kier molecular flexibility index (Phi) is 4.58. The molecule has 0 spiro atoms. The number of rotatable bonds is 4. The van der Waals surface area contributed by atoms with Crippen LogP contribution in [0.15, 0.2) is 34.9 Å². The van der Waals surface area contributed by atoms with Gasteiger partial charge in [-0.3, -0.25) is 9.59 Å². The number of amides is 1. The first-order chi connectivity index (χ1) is 13.5. The number of aromatic amines is 1. The van der Waals surface area contributed by atoms with Crippen molar-refractivity contribution in [1.82, 2.24) is 20.0 Å². The van der Waals surface area contributed by atoms with Crippen LogP contribution in [0.3, 0.4) is 0 Å². The van der Waals surface area contributed by atoms with Crippen LogP contribution in [0.25, 0.3) is 11.4 Å². The first kappa shape index (κ1) is 18.2. The summed E-state index contributed by atoms with van der Waals surface area (Å²) in [5.74, 6) is 0.771. The number of hydrogen-bond acceptors (Lipinski definition) is 5. The normalized spacial score (nSPS) is 16.5. The summed E-state index contributed by atoms with van der Waals surface area (Å²) >= 11 is 0. The Hall–Kier alpha value is -3.22. The van der Waals surface area contributed by atoms with Crippen molar-refractivity contribution in [1.29, 1.82) is 0 Å². The van der Waals surface area contributed by atoms with E-state index in [1.807, 2.05) is 37.3 Å². The summed E-state index contributed by atoms with van der Waals surface area (Å²) in [5.41, 5.74) is 3.31. The van der Waals surface area contributed by atoms with Gasteiger partial charge in [0.1, 0.15) is 6.04 Å². The van der Waals surface area contributed by atoms with Gasteiger partial charge in [-0.25, -0.2) is 0 Å². The molecule has 7 heteroatoms. The summed E-state index contributed by atoms with van der Waals surface area (Å²) in [6.45, 7) is 5.73. The van der Waals surface area contributed by atoms with Gasteiger partial charge in [-0.05, 0) is 32.3 Å². The number of hydrogen-bond donors (Lipinski definition) is 1. The van der Waals surface area contributed by atoms with Crippen LogP contribution >= 0.6 is 0 Å². The lowest BCUT2D eigenvalue weighted by Gasteiger charge is -2.22. The molecule has 1 aromatic carbocycles. The van der Waals surface area contributed by atoms with Crippen LogP contribution in [0.1, 0.15) is 63.8 Å². The molecular weight excluding hydrogens is 356 g/mol. The maximum atomic E-state index is 13.3. The average Bonchev–Trinajstić information content (AvgIpc) is 3.40. The second-order valence-corrected chi connectivity index (χ2v) is 7.16. The highest BCUT2D eigenvalue weighted by Gasteiger charge is 2.36. The van der Waals surface area contributed by atoms with Gasteiger partial charge in [0.2, 0.25) is 11.7 Å². The van der Waals surface area contributed by atoms with E-state index in [0.717, 1.165) is 18.4 Å². The summed E-state index contributed by atoms with van der Waals surface area (Å²) in [6, 6.07) is 9.34. The predicted molar refractivity (Wildman–Crippen MR) is 103 cm³/mol. The van der Waals surface area contributed by atoms with E-state index in [9.17, 15) is 9.59 Å². The maximum Gasteiger partial charge on any atom is 0.256 e.